The number of piperazine rings is 1. The van der Waals surface area contributed by atoms with E-state index in [9.17, 15) is 0 Å². The van der Waals surface area contributed by atoms with Gasteiger partial charge in [0.1, 0.15) is 11.3 Å². The Hall–Kier alpha value is -3.75. The molecule has 3 aromatic carbocycles. The molecule has 1 unspecified atom stereocenters. The highest BCUT2D eigenvalue weighted by Gasteiger charge is 2.25. The molecule has 1 aliphatic heterocycles. The summed E-state index contributed by atoms with van der Waals surface area (Å²) in [7, 11) is 1.76. The molecule has 6 rings (SSSR count). The summed E-state index contributed by atoms with van der Waals surface area (Å²) in [6.07, 6.45) is 1.62. The van der Waals surface area contributed by atoms with Gasteiger partial charge in [-0.05, 0) is 29.3 Å². The van der Waals surface area contributed by atoms with Crippen LogP contribution < -0.4 is 15.0 Å². The van der Waals surface area contributed by atoms with Crippen molar-refractivity contribution in [2.24, 2.45) is 7.05 Å². The van der Waals surface area contributed by atoms with Gasteiger partial charge >= 0.3 is 6.01 Å². The average molecular weight is 503 g/mol. The molecule has 0 amide bonds. The molecule has 1 atom stereocenters. The third-order valence-electron chi connectivity index (χ3n) is 6.54. The van der Waals surface area contributed by atoms with Crippen LogP contribution in [0, 0.1) is 5.82 Å². The van der Waals surface area contributed by atoms with Gasteiger partial charge in [0.05, 0.1) is 11.2 Å². The van der Waals surface area contributed by atoms with E-state index in [1.807, 2.05) is 42.5 Å². The molecule has 1 saturated heterocycles. The lowest BCUT2D eigenvalue weighted by atomic mass is 9.96. The van der Waals surface area contributed by atoms with Crippen LogP contribution >= 0.6 is 11.6 Å². The predicted molar refractivity (Wildman–Crippen MR) is 140 cm³/mol. The van der Waals surface area contributed by atoms with E-state index >= 15 is 4.39 Å². The standard InChI is InChI=1S/C27H24ClFN6O/c1-16-15-35(13-12-30-16)26-20-14-21(28)23(19-9-5-7-17-6-3-4-8-18(17)19)24(29)25(20)32-27(33-26)36-22-10-11-31-34(22)2/h3-11,14,16,30H,12-13,15H2,1-2H3. The highest BCUT2D eigenvalue weighted by molar-refractivity contribution is 6.35. The van der Waals surface area contributed by atoms with Crippen LogP contribution in [0.5, 0.6) is 11.9 Å². The van der Waals surface area contributed by atoms with Gasteiger partial charge in [0.2, 0.25) is 5.88 Å². The number of ether oxygens (including phenoxy) is 1. The van der Waals surface area contributed by atoms with E-state index in [2.05, 4.69) is 27.2 Å². The first-order valence-corrected chi connectivity index (χ1v) is 12.2. The maximum absolute atomic E-state index is 16.4. The second-order valence-electron chi connectivity index (χ2n) is 9.00. The zero-order chi connectivity index (χ0) is 24.8. The normalized spacial score (nSPS) is 16.1. The number of halogens is 2. The number of hydrogen-bond donors (Lipinski definition) is 1. The summed E-state index contributed by atoms with van der Waals surface area (Å²) in [5.41, 5.74) is 1.18. The molecule has 36 heavy (non-hydrogen) atoms. The molecule has 1 N–H and O–H groups in total. The number of anilines is 1. The smallest absolute Gasteiger partial charge is 0.325 e. The topological polar surface area (TPSA) is 68.1 Å². The van der Waals surface area contributed by atoms with E-state index in [0.717, 1.165) is 17.3 Å². The number of nitrogens with one attached hydrogen (secondary N) is 1. The molecule has 0 radical (unpaired) electrons. The Morgan fingerprint density at radius 2 is 1.92 bits per heavy atom. The molecule has 1 fully saturated rings. The zero-order valence-electron chi connectivity index (χ0n) is 19.9. The van der Waals surface area contributed by atoms with Gasteiger partial charge in [0.25, 0.3) is 0 Å². The number of hydrogen-bond acceptors (Lipinski definition) is 6. The van der Waals surface area contributed by atoms with Crippen molar-refractivity contribution in [1.82, 2.24) is 25.1 Å². The van der Waals surface area contributed by atoms with E-state index < -0.39 is 5.82 Å². The van der Waals surface area contributed by atoms with Crippen LogP contribution in [0.3, 0.4) is 0 Å². The maximum atomic E-state index is 16.4. The number of aromatic nitrogens is 4. The molecule has 1 aliphatic rings. The van der Waals surface area contributed by atoms with Gasteiger partial charge in [0, 0.05) is 49.7 Å². The number of rotatable bonds is 4. The van der Waals surface area contributed by atoms with Crippen molar-refractivity contribution in [3.05, 3.63) is 71.6 Å². The Kier molecular flexibility index (Phi) is 5.70. The first kappa shape index (κ1) is 22.7. The summed E-state index contributed by atoms with van der Waals surface area (Å²) in [6, 6.07) is 17.4. The third-order valence-corrected chi connectivity index (χ3v) is 6.84. The van der Waals surface area contributed by atoms with Crippen LogP contribution in [0.25, 0.3) is 32.8 Å². The van der Waals surface area contributed by atoms with Gasteiger partial charge in [-0.3, -0.25) is 0 Å². The average Bonchev–Trinajstić information content (AvgIpc) is 3.28. The van der Waals surface area contributed by atoms with Crippen molar-refractivity contribution in [3.63, 3.8) is 0 Å². The number of benzene rings is 3. The second kappa shape index (κ2) is 9.04. The summed E-state index contributed by atoms with van der Waals surface area (Å²) in [5.74, 6) is 0.545. The molecule has 0 aliphatic carbocycles. The summed E-state index contributed by atoms with van der Waals surface area (Å²) in [6.45, 7) is 4.32. The molecule has 7 nitrogen and oxygen atoms in total. The minimum atomic E-state index is -0.504. The van der Waals surface area contributed by atoms with Crippen LogP contribution in [-0.2, 0) is 7.05 Å². The van der Waals surface area contributed by atoms with Crippen LogP contribution in [0.2, 0.25) is 5.02 Å². The first-order chi connectivity index (χ1) is 17.5. The molecular weight excluding hydrogens is 479 g/mol. The van der Waals surface area contributed by atoms with Crippen LogP contribution in [-0.4, -0.2) is 45.4 Å². The van der Waals surface area contributed by atoms with Crippen LogP contribution in [0.4, 0.5) is 10.2 Å². The molecule has 182 valence electrons. The van der Waals surface area contributed by atoms with Crippen molar-refractivity contribution < 1.29 is 9.13 Å². The van der Waals surface area contributed by atoms with Crippen molar-refractivity contribution in [2.75, 3.05) is 24.5 Å². The van der Waals surface area contributed by atoms with E-state index in [0.29, 0.717) is 46.3 Å². The van der Waals surface area contributed by atoms with E-state index in [1.54, 1.807) is 30.1 Å². The van der Waals surface area contributed by atoms with Crippen LogP contribution in [0.1, 0.15) is 6.92 Å². The van der Waals surface area contributed by atoms with Gasteiger partial charge < -0.3 is 15.0 Å². The van der Waals surface area contributed by atoms with Crippen molar-refractivity contribution in [3.8, 4) is 23.0 Å². The van der Waals surface area contributed by atoms with Crippen molar-refractivity contribution >= 4 is 39.1 Å². The van der Waals surface area contributed by atoms with Gasteiger partial charge in [-0.15, -0.1) is 0 Å². The summed E-state index contributed by atoms with van der Waals surface area (Å²) in [4.78, 5) is 11.3. The molecule has 3 heterocycles. The SMILES string of the molecule is CC1CN(c2nc(Oc3ccnn3C)nc3c(F)c(-c4cccc5ccccc45)c(Cl)cc23)CCN1. The van der Waals surface area contributed by atoms with Gasteiger partial charge in [-0.25, -0.2) is 9.07 Å². The monoisotopic (exact) mass is 502 g/mol. The highest BCUT2D eigenvalue weighted by Crippen LogP contribution is 2.41. The van der Waals surface area contributed by atoms with Gasteiger partial charge in [0.15, 0.2) is 5.82 Å². The molecule has 0 spiro atoms. The van der Waals surface area contributed by atoms with Gasteiger partial charge in [-0.1, -0.05) is 54.1 Å². The highest BCUT2D eigenvalue weighted by atomic mass is 35.5. The van der Waals surface area contributed by atoms with Gasteiger partial charge in [-0.2, -0.15) is 15.1 Å². The Balaban J connectivity index is 1.59. The minimum absolute atomic E-state index is 0.0531. The van der Waals surface area contributed by atoms with E-state index in [1.165, 1.54) is 0 Å². The molecule has 2 aromatic heterocycles. The van der Waals surface area contributed by atoms with Crippen molar-refractivity contribution in [2.45, 2.75) is 13.0 Å². The molecular formula is C27H24ClFN6O. The molecule has 0 bridgehead atoms. The predicted octanol–water partition coefficient (Wildman–Crippen LogP) is 5.57. The Morgan fingerprint density at radius 1 is 1.08 bits per heavy atom. The number of fused-ring (bicyclic) bond motifs is 2. The largest absolute Gasteiger partial charge is 0.405 e. The fraction of sp³-hybridized carbons (Fsp3) is 0.222. The van der Waals surface area contributed by atoms with E-state index in [-0.39, 0.29) is 17.6 Å². The summed E-state index contributed by atoms with van der Waals surface area (Å²) in [5, 5.41) is 10.3. The Bertz CT molecular complexity index is 1600. The molecule has 9 heteroatoms. The fourth-order valence-electron chi connectivity index (χ4n) is 4.82. The lowest BCUT2D eigenvalue weighted by Gasteiger charge is -2.33. The van der Waals surface area contributed by atoms with Crippen LogP contribution in [0.15, 0.2) is 60.8 Å². The molecule has 0 saturated carbocycles. The Morgan fingerprint density at radius 3 is 2.72 bits per heavy atom. The number of aryl methyl sites for hydroxylation is 1. The summed E-state index contributed by atoms with van der Waals surface area (Å²) >= 11 is 6.79. The second-order valence-corrected chi connectivity index (χ2v) is 9.40. The maximum Gasteiger partial charge on any atom is 0.325 e. The quantitative estimate of drug-likeness (QED) is 0.347. The van der Waals surface area contributed by atoms with Crippen molar-refractivity contribution in [1.29, 1.82) is 0 Å². The lowest BCUT2D eigenvalue weighted by molar-refractivity contribution is 0.399. The van der Waals surface area contributed by atoms with E-state index in [4.69, 9.17) is 21.3 Å². The lowest BCUT2D eigenvalue weighted by Crippen LogP contribution is -2.49. The number of nitrogens with zero attached hydrogens (tertiary/aromatic N) is 5. The third kappa shape index (κ3) is 3.92. The first-order valence-electron chi connectivity index (χ1n) is 11.8. The zero-order valence-corrected chi connectivity index (χ0v) is 20.6. The fourth-order valence-corrected chi connectivity index (χ4v) is 5.11. The minimum Gasteiger partial charge on any atom is -0.405 e. The molecule has 5 aromatic rings. The summed E-state index contributed by atoms with van der Waals surface area (Å²) < 4.78 is 23.9. The Labute approximate surface area is 212 Å².